The molecule has 4 heteroatoms. The first kappa shape index (κ1) is 10.7. The van der Waals surface area contributed by atoms with Crippen molar-refractivity contribution in [3.63, 3.8) is 0 Å². The van der Waals surface area contributed by atoms with Crippen molar-refractivity contribution >= 4 is 22.6 Å². The average molecular weight is 218 g/mol. The molecule has 1 amide bonds. The van der Waals surface area contributed by atoms with Crippen molar-refractivity contribution in [1.29, 1.82) is 0 Å². The third-order valence-corrected chi connectivity index (χ3v) is 2.55. The molecule has 0 spiro atoms. The van der Waals surface area contributed by atoms with Gasteiger partial charge in [0, 0.05) is 25.4 Å². The fraction of sp³-hybridized carbons (Fsp3) is 0.250. The first-order valence-electron chi connectivity index (χ1n) is 5.17. The summed E-state index contributed by atoms with van der Waals surface area (Å²) in [6.07, 6.45) is 1.94. The number of fused-ring (bicyclic) bond motifs is 1. The maximum atomic E-state index is 11.7. The number of para-hydroxylation sites is 1. The van der Waals surface area contributed by atoms with Crippen LogP contribution >= 0.6 is 0 Å². The molecular weight excluding hydrogens is 204 g/mol. The first-order chi connectivity index (χ1) is 7.74. The highest BCUT2D eigenvalue weighted by atomic mass is 16.3. The second-order valence-electron chi connectivity index (χ2n) is 3.61. The zero-order valence-electron chi connectivity index (χ0n) is 9.14. The van der Waals surface area contributed by atoms with Gasteiger partial charge in [0.15, 0.2) is 0 Å². The molecule has 4 nitrogen and oxygen atoms in total. The molecule has 0 radical (unpaired) electrons. The predicted molar refractivity (Wildman–Crippen MR) is 63.3 cm³/mol. The van der Waals surface area contributed by atoms with Gasteiger partial charge in [-0.1, -0.05) is 12.1 Å². The lowest BCUT2D eigenvalue weighted by atomic mass is 10.2. The van der Waals surface area contributed by atoms with Gasteiger partial charge in [0.05, 0.1) is 5.69 Å². The minimum Gasteiger partial charge on any atom is -0.462 e. The van der Waals surface area contributed by atoms with E-state index in [2.05, 4.69) is 0 Å². The highest BCUT2D eigenvalue weighted by Gasteiger charge is 2.14. The topological polar surface area (TPSA) is 59.5 Å². The fourth-order valence-corrected chi connectivity index (χ4v) is 1.65. The Morgan fingerprint density at radius 1 is 1.44 bits per heavy atom. The molecular formula is C12H14N2O2. The molecule has 0 aliphatic heterocycles. The molecule has 2 aromatic rings. The number of hydrogen-bond acceptors (Lipinski definition) is 3. The van der Waals surface area contributed by atoms with Gasteiger partial charge in [0.25, 0.3) is 0 Å². The highest BCUT2D eigenvalue weighted by Crippen LogP contribution is 2.28. The molecule has 0 saturated heterocycles. The van der Waals surface area contributed by atoms with Gasteiger partial charge in [-0.3, -0.25) is 4.79 Å². The maximum Gasteiger partial charge on any atom is 0.228 e. The fourth-order valence-electron chi connectivity index (χ4n) is 1.65. The van der Waals surface area contributed by atoms with E-state index in [4.69, 9.17) is 10.2 Å². The summed E-state index contributed by atoms with van der Waals surface area (Å²) < 4.78 is 5.37. The van der Waals surface area contributed by atoms with Crippen LogP contribution in [0.3, 0.4) is 0 Å². The van der Waals surface area contributed by atoms with E-state index in [9.17, 15) is 4.79 Å². The summed E-state index contributed by atoms with van der Waals surface area (Å²) in [6, 6.07) is 7.63. The Balaban J connectivity index is 2.36. The number of amides is 1. The molecule has 0 fully saturated rings. The number of nitrogens with two attached hydrogens (primary N) is 1. The van der Waals surface area contributed by atoms with Gasteiger partial charge in [0.1, 0.15) is 11.8 Å². The van der Waals surface area contributed by atoms with Crippen LogP contribution in [0.1, 0.15) is 6.42 Å². The summed E-state index contributed by atoms with van der Waals surface area (Å²) in [5.41, 5.74) is 6.93. The summed E-state index contributed by atoms with van der Waals surface area (Å²) in [5.74, 6) is -0.00551. The van der Waals surface area contributed by atoms with Crippen LogP contribution in [-0.4, -0.2) is 19.5 Å². The molecule has 0 unspecified atom stereocenters. The molecule has 1 heterocycles. The zero-order chi connectivity index (χ0) is 11.5. The number of benzene rings is 1. The Morgan fingerprint density at radius 2 is 2.19 bits per heavy atom. The Morgan fingerprint density at radius 3 is 2.94 bits per heavy atom. The number of carbonyl (C=O) groups is 1. The van der Waals surface area contributed by atoms with E-state index in [-0.39, 0.29) is 5.91 Å². The third-order valence-electron chi connectivity index (χ3n) is 2.55. The lowest BCUT2D eigenvalue weighted by Crippen LogP contribution is -2.27. The SMILES string of the molecule is CN(C(=O)CCN)c1coc2ccccc12. The Labute approximate surface area is 93.6 Å². The zero-order valence-corrected chi connectivity index (χ0v) is 9.14. The monoisotopic (exact) mass is 218 g/mol. The molecule has 0 bridgehead atoms. The van der Waals surface area contributed by atoms with Crippen LogP contribution in [0, 0.1) is 0 Å². The molecule has 0 saturated carbocycles. The number of nitrogens with zero attached hydrogens (tertiary/aromatic N) is 1. The average Bonchev–Trinajstić information content (AvgIpc) is 2.72. The van der Waals surface area contributed by atoms with Crippen LogP contribution in [0.2, 0.25) is 0 Å². The van der Waals surface area contributed by atoms with E-state index < -0.39 is 0 Å². The number of hydrogen-bond donors (Lipinski definition) is 1. The van der Waals surface area contributed by atoms with Crippen LogP contribution in [0.5, 0.6) is 0 Å². The summed E-state index contributed by atoms with van der Waals surface area (Å²) in [7, 11) is 1.73. The van der Waals surface area contributed by atoms with Crippen LogP contribution in [-0.2, 0) is 4.79 Å². The highest BCUT2D eigenvalue weighted by molar-refractivity contribution is 6.02. The van der Waals surface area contributed by atoms with Gasteiger partial charge >= 0.3 is 0 Å². The second-order valence-corrected chi connectivity index (χ2v) is 3.61. The molecule has 0 aliphatic carbocycles. The van der Waals surface area contributed by atoms with E-state index in [1.54, 1.807) is 18.2 Å². The van der Waals surface area contributed by atoms with E-state index in [1.165, 1.54) is 0 Å². The van der Waals surface area contributed by atoms with Crippen LogP contribution in [0.25, 0.3) is 11.0 Å². The Hall–Kier alpha value is -1.81. The van der Waals surface area contributed by atoms with Crippen LogP contribution in [0.15, 0.2) is 34.9 Å². The number of carbonyl (C=O) groups excluding carboxylic acids is 1. The maximum absolute atomic E-state index is 11.7. The van der Waals surface area contributed by atoms with E-state index >= 15 is 0 Å². The summed E-state index contributed by atoms with van der Waals surface area (Å²) >= 11 is 0. The van der Waals surface area contributed by atoms with Gasteiger partial charge in [-0.05, 0) is 12.1 Å². The third kappa shape index (κ3) is 1.79. The Bertz CT molecular complexity index is 504. The van der Waals surface area contributed by atoms with Crippen molar-refractivity contribution in [2.75, 3.05) is 18.5 Å². The van der Waals surface area contributed by atoms with Crippen molar-refractivity contribution in [3.8, 4) is 0 Å². The van der Waals surface area contributed by atoms with Gasteiger partial charge in [-0.2, -0.15) is 0 Å². The number of rotatable bonds is 3. The Kier molecular flexibility index (Phi) is 2.92. The molecule has 84 valence electrons. The number of anilines is 1. The standard InChI is InChI=1S/C12H14N2O2/c1-14(12(15)6-7-13)10-8-16-11-5-3-2-4-9(10)11/h2-5,8H,6-7,13H2,1H3. The molecule has 2 rings (SSSR count). The van der Waals surface area contributed by atoms with E-state index in [0.717, 1.165) is 16.7 Å². The summed E-state index contributed by atoms with van der Waals surface area (Å²) in [6.45, 7) is 0.360. The first-order valence-corrected chi connectivity index (χ1v) is 5.17. The molecule has 1 aromatic carbocycles. The lowest BCUT2D eigenvalue weighted by Gasteiger charge is -2.14. The van der Waals surface area contributed by atoms with Crippen LogP contribution in [0.4, 0.5) is 5.69 Å². The smallest absolute Gasteiger partial charge is 0.228 e. The molecule has 1 aromatic heterocycles. The predicted octanol–water partition coefficient (Wildman–Crippen LogP) is 1.74. The van der Waals surface area contributed by atoms with Crippen molar-refractivity contribution < 1.29 is 9.21 Å². The summed E-state index contributed by atoms with van der Waals surface area (Å²) in [5, 5.41) is 0.940. The van der Waals surface area contributed by atoms with Gasteiger partial charge in [0.2, 0.25) is 5.91 Å². The second kappa shape index (κ2) is 4.37. The number of furan rings is 1. The quantitative estimate of drug-likeness (QED) is 0.853. The van der Waals surface area contributed by atoms with E-state index in [1.807, 2.05) is 24.3 Å². The molecule has 16 heavy (non-hydrogen) atoms. The molecule has 0 atom stereocenters. The minimum atomic E-state index is -0.00551. The molecule has 0 aliphatic rings. The van der Waals surface area contributed by atoms with Crippen molar-refractivity contribution in [2.45, 2.75) is 6.42 Å². The van der Waals surface area contributed by atoms with Crippen molar-refractivity contribution in [1.82, 2.24) is 0 Å². The largest absolute Gasteiger partial charge is 0.462 e. The van der Waals surface area contributed by atoms with Gasteiger partial charge in [-0.15, -0.1) is 0 Å². The van der Waals surface area contributed by atoms with E-state index in [0.29, 0.717) is 13.0 Å². The minimum absolute atomic E-state index is 0.00551. The van der Waals surface area contributed by atoms with Crippen LogP contribution < -0.4 is 10.6 Å². The summed E-state index contributed by atoms with van der Waals surface area (Å²) in [4.78, 5) is 13.3. The van der Waals surface area contributed by atoms with Gasteiger partial charge in [-0.25, -0.2) is 0 Å². The van der Waals surface area contributed by atoms with Gasteiger partial charge < -0.3 is 15.1 Å². The molecule has 2 N–H and O–H groups in total. The van der Waals surface area contributed by atoms with Crippen molar-refractivity contribution in [2.24, 2.45) is 5.73 Å². The lowest BCUT2D eigenvalue weighted by molar-refractivity contribution is -0.118. The normalized spacial score (nSPS) is 10.6. The van der Waals surface area contributed by atoms with Crippen molar-refractivity contribution in [3.05, 3.63) is 30.5 Å².